The normalized spacial score (nSPS) is 21.2. The number of hydrogen-bond donors (Lipinski definition) is 1. The van der Waals surface area contributed by atoms with Crippen molar-refractivity contribution < 1.29 is 9.84 Å². The third kappa shape index (κ3) is 1.35. The predicted octanol–water partition coefficient (Wildman–Crippen LogP) is 1.29. The molecule has 0 aromatic carbocycles. The van der Waals surface area contributed by atoms with Crippen LogP contribution in [0.1, 0.15) is 24.8 Å². The highest BCUT2D eigenvalue weighted by Gasteiger charge is 2.22. The standard InChI is InChI=1S/C10H11N3O2/c14-7-3-4-9-11-12-10(13(9)6-7)8-2-1-5-15-8/h3-4,6,8,14H,1-2,5H2. The highest BCUT2D eigenvalue weighted by atomic mass is 16.5. The van der Waals surface area contributed by atoms with Crippen molar-refractivity contribution in [2.45, 2.75) is 18.9 Å². The lowest BCUT2D eigenvalue weighted by atomic mass is 10.2. The molecule has 1 fully saturated rings. The van der Waals surface area contributed by atoms with Gasteiger partial charge in [0.2, 0.25) is 0 Å². The lowest BCUT2D eigenvalue weighted by Gasteiger charge is -2.06. The Morgan fingerprint density at radius 3 is 3.13 bits per heavy atom. The van der Waals surface area contributed by atoms with Crippen molar-refractivity contribution in [2.75, 3.05) is 6.61 Å². The van der Waals surface area contributed by atoms with Crippen LogP contribution in [-0.2, 0) is 4.74 Å². The highest BCUT2D eigenvalue weighted by molar-refractivity contribution is 5.41. The molecular formula is C10H11N3O2. The monoisotopic (exact) mass is 205 g/mol. The summed E-state index contributed by atoms with van der Waals surface area (Å²) in [6, 6.07) is 3.34. The van der Waals surface area contributed by atoms with E-state index in [1.165, 1.54) is 0 Å². The van der Waals surface area contributed by atoms with E-state index in [9.17, 15) is 5.11 Å². The quantitative estimate of drug-likeness (QED) is 0.762. The van der Waals surface area contributed by atoms with Crippen molar-refractivity contribution in [1.29, 1.82) is 0 Å². The fourth-order valence-corrected chi connectivity index (χ4v) is 1.90. The van der Waals surface area contributed by atoms with Gasteiger partial charge in [0.15, 0.2) is 11.5 Å². The molecule has 78 valence electrons. The van der Waals surface area contributed by atoms with E-state index in [0.717, 1.165) is 30.9 Å². The van der Waals surface area contributed by atoms with Crippen LogP contribution >= 0.6 is 0 Å². The van der Waals surface area contributed by atoms with Crippen molar-refractivity contribution in [2.24, 2.45) is 0 Å². The average Bonchev–Trinajstić information content (AvgIpc) is 2.83. The Kier molecular flexibility index (Phi) is 1.85. The summed E-state index contributed by atoms with van der Waals surface area (Å²) < 4.78 is 7.32. The molecule has 0 bridgehead atoms. The van der Waals surface area contributed by atoms with Crippen LogP contribution in [0.3, 0.4) is 0 Å². The van der Waals surface area contributed by atoms with E-state index < -0.39 is 0 Å². The molecule has 3 rings (SSSR count). The van der Waals surface area contributed by atoms with Crippen LogP contribution in [0.15, 0.2) is 18.3 Å². The van der Waals surface area contributed by atoms with Crippen LogP contribution in [-0.4, -0.2) is 26.3 Å². The van der Waals surface area contributed by atoms with E-state index in [0.29, 0.717) is 0 Å². The summed E-state index contributed by atoms with van der Waals surface area (Å²) in [5, 5.41) is 17.5. The third-order valence-electron chi connectivity index (χ3n) is 2.63. The molecule has 2 aromatic heterocycles. The second kappa shape index (κ2) is 3.20. The molecule has 1 atom stereocenters. The average molecular weight is 205 g/mol. The first kappa shape index (κ1) is 8.67. The number of ether oxygens (including phenoxy) is 1. The Labute approximate surface area is 86.3 Å². The van der Waals surface area contributed by atoms with Crippen molar-refractivity contribution in [3.8, 4) is 5.75 Å². The van der Waals surface area contributed by atoms with E-state index in [1.54, 1.807) is 22.7 Å². The fraction of sp³-hybridized carbons (Fsp3) is 0.400. The lowest BCUT2D eigenvalue weighted by molar-refractivity contribution is 0.104. The molecule has 3 heterocycles. The maximum absolute atomic E-state index is 9.40. The van der Waals surface area contributed by atoms with Crippen molar-refractivity contribution in [3.63, 3.8) is 0 Å². The molecule has 0 saturated carbocycles. The first-order valence-corrected chi connectivity index (χ1v) is 5.00. The zero-order valence-corrected chi connectivity index (χ0v) is 8.13. The van der Waals surface area contributed by atoms with Gasteiger partial charge in [-0.25, -0.2) is 0 Å². The largest absolute Gasteiger partial charge is 0.506 e. The number of hydrogen-bond acceptors (Lipinski definition) is 4. The summed E-state index contributed by atoms with van der Waals surface area (Å²) in [5.74, 6) is 0.986. The first-order chi connectivity index (χ1) is 7.34. The van der Waals surface area contributed by atoms with E-state index in [2.05, 4.69) is 10.2 Å². The van der Waals surface area contributed by atoms with E-state index in [1.807, 2.05) is 0 Å². The first-order valence-electron chi connectivity index (χ1n) is 5.00. The molecule has 0 amide bonds. The van der Waals surface area contributed by atoms with E-state index in [4.69, 9.17) is 4.74 Å². The zero-order valence-electron chi connectivity index (χ0n) is 8.13. The molecule has 0 radical (unpaired) electrons. The highest BCUT2D eigenvalue weighted by Crippen LogP contribution is 2.27. The van der Waals surface area contributed by atoms with Gasteiger partial charge in [-0.3, -0.25) is 4.40 Å². The summed E-state index contributed by atoms with van der Waals surface area (Å²) in [5.41, 5.74) is 0.735. The van der Waals surface area contributed by atoms with Crippen LogP contribution in [0.5, 0.6) is 5.75 Å². The molecule has 0 aliphatic carbocycles. The van der Waals surface area contributed by atoms with Gasteiger partial charge in [-0.15, -0.1) is 10.2 Å². The number of fused-ring (bicyclic) bond motifs is 1. The molecular weight excluding hydrogens is 194 g/mol. The van der Waals surface area contributed by atoms with Crippen LogP contribution in [0.25, 0.3) is 5.65 Å². The maximum Gasteiger partial charge on any atom is 0.166 e. The number of nitrogens with zero attached hydrogens (tertiary/aromatic N) is 3. The van der Waals surface area contributed by atoms with Gasteiger partial charge in [-0.1, -0.05) is 0 Å². The summed E-state index contributed by atoms with van der Waals surface area (Å²) in [6.07, 6.45) is 3.66. The topological polar surface area (TPSA) is 59.7 Å². The van der Waals surface area contributed by atoms with E-state index in [-0.39, 0.29) is 11.9 Å². The summed E-state index contributed by atoms with van der Waals surface area (Å²) in [4.78, 5) is 0. The van der Waals surface area contributed by atoms with Crippen molar-refractivity contribution in [1.82, 2.24) is 14.6 Å². The number of rotatable bonds is 1. The Balaban J connectivity index is 2.13. The fourth-order valence-electron chi connectivity index (χ4n) is 1.90. The molecule has 5 nitrogen and oxygen atoms in total. The van der Waals surface area contributed by atoms with Gasteiger partial charge in [-0.2, -0.15) is 0 Å². The van der Waals surface area contributed by atoms with Gasteiger partial charge in [0.25, 0.3) is 0 Å². The molecule has 1 aliphatic rings. The van der Waals surface area contributed by atoms with Gasteiger partial charge < -0.3 is 9.84 Å². The second-order valence-electron chi connectivity index (χ2n) is 3.68. The smallest absolute Gasteiger partial charge is 0.166 e. The molecule has 15 heavy (non-hydrogen) atoms. The van der Waals surface area contributed by atoms with Crippen LogP contribution in [0.4, 0.5) is 0 Å². The van der Waals surface area contributed by atoms with Crippen molar-refractivity contribution in [3.05, 3.63) is 24.2 Å². The van der Waals surface area contributed by atoms with Crippen LogP contribution in [0.2, 0.25) is 0 Å². The Bertz CT molecular complexity index is 488. The van der Waals surface area contributed by atoms with Gasteiger partial charge in [-0.05, 0) is 25.0 Å². The predicted molar refractivity (Wildman–Crippen MR) is 52.6 cm³/mol. The number of aromatic hydroxyl groups is 1. The maximum atomic E-state index is 9.40. The summed E-state index contributed by atoms with van der Waals surface area (Å²) in [7, 11) is 0. The Hall–Kier alpha value is -1.62. The van der Waals surface area contributed by atoms with Crippen LogP contribution < -0.4 is 0 Å². The van der Waals surface area contributed by atoms with Crippen LogP contribution in [0, 0.1) is 0 Å². The summed E-state index contributed by atoms with van der Waals surface area (Å²) in [6.45, 7) is 0.776. The molecule has 2 aromatic rings. The minimum Gasteiger partial charge on any atom is -0.506 e. The SMILES string of the molecule is Oc1ccc2nnc(C3CCCO3)n2c1. The summed E-state index contributed by atoms with van der Waals surface area (Å²) >= 11 is 0. The third-order valence-corrected chi connectivity index (χ3v) is 2.63. The Morgan fingerprint density at radius 1 is 1.40 bits per heavy atom. The van der Waals surface area contributed by atoms with Gasteiger partial charge >= 0.3 is 0 Å². The van der Waals surface area contributed by atoms with Gasteiger partial charge in [0.05, 0.1) is 6.20 Å². The Morgan fingerprint density at radius 2 is 2.33 bits per heavy atom. The molecule has 1 saturated heterocycles. The van der Waals surface area contributed by atoms with Crippen molar-refractivity contribution >= 4 is 5.65 Å². The zero-order chi connectivity index (χ0) is 10.3. The van der Waals surface area contributed by atoms with E-state index >= 15 is 0 Å². The van der Waals surface area contributed by atoms with Gasteiger partial charge in [0.1, 0.15) is 11.9 Å². The molecule has 5 heteroatoms. The minimum absolute atomic E-state index is 0.0156. The molecule has 1 unspecified atom stereocenters. The minimum atomic E-state index is 0.0156. The molecule has 1 N–H and O–H groups in total. The van der Waals surface area contributed by atoms with Gasteiger partial charge in [0, 0.05) is 6.61 Å². The number of aromatic nitrogens is 3. The molecule has 1 aliphatic heterocycles. The second-order valence-corrected chi connectivity index (χ2v) is 3.68. The lowest BCUT2D eigenvalue weighted by Crippen LogP contribution is -2.02. The molecule has 0 spiro atoms. The number of pyridine rings is 1.